The van der Waals surface area contributed by atoms with Crippen LogP contribution in [-0.4, -0.2) is 12.2 Å². The molecule has 7 atom stereocenters. The number of ether oxygens (including phenoxy) is 1. The van der Waals surface area contributed by atoms with Gasteiger partial charge in [-0.2, -0.15) is 0 Å². The van der Waals surface area contributed by atoms with E-state index in [4.69, 9.17) is 4.74 Å². The average molecular weight is 315 g/mol. The van der Waals surface area contributed by atoms with Crippen molar-refractivity contribution in [2.24, 2.45) is 35.0 Å². The van der Waals surface area contributed by atoms with Gasteiger partial charge in [0.2, 0.25) is 0 Å². The molecule has 1 heterocycles. The van der Waals surface area contributed by atoms with Crippen molar-refractivity contribution in [3.05, 3.63) is 11.6 Å². The lowest BCUT2D eigenvalue weighted by Crippen LogP contribution is -2.48. The van der Waals surface area contributed by atoms with Crippen LogP contribution < -0.4 is 0 Å². The normalized spacial score (nSPS) is 56.3. The Bertz CT molecular complexity index is 516. The Labute approximate surface area is 142 Å². The lowest BCUT2D eigenvalue weighted by molar-refractivity contribution is -0.0518. The van der Waals surface area contributed by atoms with Gasteiger partial charge in [0.1, 0.15) is 0 Å². The van der Waals surface area contributed by atoms with Crippen LogP contribution >= 0.6 is 0 Å². The van der Waals surface area contributed by atoms with Gasteiger partial charge < -0.3 is 4.74 Å². The third kappa shape index (κ3) is 2.14. The summed E-state index contributed by atoms with van der Waals surface area (Å²) in [5, 5.41) is 0. The zero-order valence-corrected chi connectivity index (χ0v) is 15.2. The van der Waals surface area contributed by atoms with Crippen LogP contribution in [-0.2, 0) is 4.74 Å². The first-order valence-electron chi connectivity index (χ1n) is 10.5. The second-order valence-electron chi connectivity index (χ2n) is 9.78. The highest BCUT2D eigenvalue weighted by atomic mass is 16.6. The molecule has 4 saturated carbocycles. The highest BCUT2D eigenvalue weighted by molar-refractivity contribution is 5.23. The van der Waals surface area contributed by atoms with E-state index in [0.717, 1.165) is 36.2 Å². The maximum atomic E-state index is 5.84. The summed E-state index contributed by atoms with van der Waals surface area (Å²) in [4.78, 5) is 0. The molecule has 5 aliphatic rings. The van der Waals surface area contributed by atoms with Gasteiger partial charge in [-0.3, -0.25) is 0 Å². The molecular weight excluding hydrogens is 280 g/mol. The topological polar surface area (TPSA) is 12.5 Å². The predicted octanol–water partition coefficient (Wildman–Crippen LogP) is 5.74. The molecule has 1 saturated heterocycles. The van der Waals surface area contributed by atoms with Gasteiger partial charge in [-0.1, -0.05) is 25.5 Å². The van der Waals surface area contributed by atoms with Crippen LogP contribution in [0.1, 0.15) is 78.1 Å². The first-order valence-corrected chi connectivity index (χ1v) is 10.5. The molecule has 23 heavy (non-hydrogen) atoms. The van der Waals surface area contributed by atoms with Crippen LogP contribution in [0.25, 0.3) is 0 Å². The summed E-state index contributed by atoms with van der Waals surface area (Å²) < 4.78 is 5.84. The quantitative estimate of drug-likeness (QED) is 0.444. The van der Waals surface area contributed by atoms with Gasteiger partial charge in [-0.25, -0.2) is 0 Å². The molecule has 0 radical (unpaired) electrons. The van der Waals surface area contributed by atoms with E-state index in [0.29, 0.717) is 11.0 Å². The third-order valence-electron chi connectivity index (χ3n) is 8.94. The van der Waals surface area contributed by atoms with Gasteiger partial charge in [0.15, 0.2) is 0 Å². The molecule has 1 spiro atoms. The summed E-state index contributed by atoms with van der Waals surface area (Å²) >= 11 is 0. The number of hydrogen-bond donors (Lipinski definition) is 0. The highest BCUT2D eigenvalue weighted by Gasteiger charge is 2.58. The molecule has 2 unspecified atom stereocenters. The van der Waals surface area contributed by atoms with Crippen molar-refractivity contribution in [1.29, 1.82) is 0 Å². The lowest BCUT2D eigenvalue weighted by Gasteiger charge is -2.55. The van der Waals surface area contributed by atoms with Crippen LogP contribution in [0.3, 0.4) is 0 Å². The van der Waals surface area contributed by atoms with Crippen LogP contribution in [0.4, 0.5) is 0 Å². The van der Waals surface area contributed by atoms with E-state index in [1.54, 1.807) is 0 Å². The summed E-state index contributed by atoms with van der Waals surface area (Å²) in [6.45, 7) is 6.02. The summed E-state index contributed by atoms with van der Waals surface area (Å²) in [5.41, 5.74) is 2.78. The molecule has 0 amide bonds. The highest BCUT2D eigenvalue weighted by Crippen LogP contribution is 2.65. The van der Waals surface area contributed by atoms with Gasteiger partial charge in [0.25, 0.3) is 0 Å². The molecule has 5 rings (SSSR count). The average Bonchev–Trinajstić information content (AvgIpc) is 3.21. The molecule has 4 aliphatic carbocycles. The molecule has 1 heteroatoms. The number of allylic oxidation sites excluding steroid dienone is 2. The van der Waals surface area contributed by atoms with Gasteiger partial charge >= 0.3 is 0 Å². The molecule has 1 aliphatic heterocycles. The summed E-state index contributed by atoms with van der Waals surface area (Å²) in [7, 11) is 0. The van der Waals surface area contributed by atoms with Crippen molar-refractivity contribution in [2.45, 2.75) is 83.7 Å². The molecular formula is C22H34O. The van der Waals surface area contributed by atoms with Crippen molar-refractivity contribution in [2.75, 3.05) is 6.61 Å². The third-order valence-corrected chi connectivity index (χ3v) is 8.94. The monoisotopic (exact) mass is 314 g/mol. The Kier molecular flexibility index (Phi) is 3.32. The predicted molar refractivity (Wildman–Crippen MR) is 94.2 cm³/mol. The number of epoxide rings is 1. The zero-order chi connectivity index (χ0) is 15.7. The largest absolute Gasteiger partial charge is 0.370 e. The Hall–Kier alpha value is -0.300. The first kappa shape index (κ1) is 15.0. The molecule has 5 fully saturated rings. The Balaban J connectivity index is 1.38. The summed E-state index contributed by atoms with van der Waals surface area (Å²) in [5.74, 6) is 5.17. The van der Waals surface area contributed by atoms with E-state index < -0.39 is 0 Å². The van der Waals surface area contributed by atoms with Crippen LogP contribution in [0, 0.1) is 35.0 Å². The van der Waals surface area contributed by atoms with Crippen molar-refractivity contribution < 1.29 is 4.74 Å². The fourth-order valence-corrected chi connectivity index (χ4v) is 7.74. The molecule has 128 valence electrons. The standard InChI is InChI=1S/C22H34O/c1-3-4-16-6-8-20-19-7-5-15-13-22(14-23-22)12-10-17(15)18(19)9-11-21(16,20)2/h4,15,17-20H,3,5-14H2,1-2H3/b16-4-/t15-,17-,18+,19+,20-,21?,22?/m0/s1. The zero-order valence-electron chi connectivity index (χ0n) is 15.2. The van der Waals surface area contributed by atoms with Crippen molar-refractivity contribution >= 4 is 0 Å². The molecule has 0 bridgehead atoms. The number of hydrogen-bond acceptors (Lipinski definition) is 1. The SMILES string of the molecule is CC/C=C1/CC[C@H]2[C@@H]3CC[C@H]4CC5(CC[C@@H]4[C@H]3CCC12C)CO5. The van der Waals surface area contributed by atoms with Crippen LogP contribution in [0.15, 0.2) is 11.6 Å². The smallest absolute Gasteiger partial charge is 0.0919 e. The molecule has 0 aromatic rings. The fourth-order valence-electron chi connectivity index (χ4n) is 7.74. The fraction of sp³-hybridized carbons (Fsp3) is 0.909. The minimum Gasteiger partial charge on any atom is -0.370 e. The summed E-state index contributed by atoms with van der Waals surface area (Å²) in [6.07, 6.45) is 17.0. The van der Waals surface area contributed by atoms with Crippen LogP contribution in [0.2, 0.25) is 0 Å². The van der Waals surface area contributed by atoms with E-state index in [1.807, 2.05) is 5.57 Å². The van der Waals surface area contributed by atoms with Crippen molar-refractivity contribution in [3.8, 4) is 0 Å². The molecule has 0 N–H and O–H groups in total. The van der Waals surface area contributed by atoms with Gasteiger partial charge in [-0.05, 0) is 99.2 Å². The maximum absolute atomic E-state index is 5.84. The number of rotatable bonds is 1. The van der Waals surface area contributed by atoms with Gasteiger partial charge in [0, 0.05) is 0 Å². The van der Waals surface area contributed by atoms with E-state index in [2.05, 4.69) is 19.9 Å². The second kappa shape index (κ2) is 5.10. The van der Waals surface area contributed by atoms with Gasteiger partial charge in [-0.15, -0.1) is 0 Å². The van der Waals surface area contributed by atoms with Crippen molar-refractivity contribution in [1.82, 2.24) is 0 Å². The van der Waals surface area contributed by atoms with E-state index in [9.17, 15) is 0 Å². The molecule has 1 nitrogen and oxygen atoms in total. The van der Waals surface area contributed by atoms with Crippen LogP contribution in [0.5, 0.6) is 0 Å². The Morgan fingerprint density at radius 3 is 2.65 bits per heavy atom. The van der Waals surface area contributed by atoms with E-state index in [1.165, 1.54) is 64.2 Å². The minimum absolute atomic E-state index is 0.377. The first-order chi connectivity index (χ1) is 11.2. The lowest BCUT2D eigenvalue weighted by atomic mass is 9.50. The Morgan fingerprint density at radius 2 is 1.87 bits per heavy atom. The Morgan fingerprint density at radius 1 is 1.04 bits per heavy atom. The maximum Gasteiger partial charge on any atom is 0.0919 e. The molecule has 0 aromatic carbocycles. The van der Waals surface area contributed by atoms with E-state index >= 15 is 0 Å². The second-order valence-corrected chi connectivity index (χ2v) is 9.78. The molecule has 0 aromatic heterocycles. The van der Waals surface area contributed by atoms with Gasteiger partial charge in [0.05, 0.1) is 12.2 Å². The minimum atomic E-state index is 0.377. The summed E-state index contributed by atoms with van der Waals surface area (Å²) in [6, 6.07) is 0. The van der Waals surface area contributed by atoms with Crippen molar-refractivity contribution in [3.63, 3.8) is 0 Å². The number of fused-ring (bicyclic) bond motifs is 5. The van der Waals surface area contributed by atoms with E-state index in [-0.39, 0.29) is 0 Å².